The van der Waals surface area contributed by atoms with E-state index in [0.717, 1.165) is 21.7 Å². The number of carbonyl (C=O) groups excluding carboxylic acids is 2. The van der Waals surface area contributed by atoms with Crippen LogP contribution in [0.2, 0.25) is 0 Å². The summed E-state index contributed by atoms with van der Waals surface area (Å²) in [5.74, 6) is -0.625. The van der Waals surface area contributed by atoms with Gasteiger partial charge in [0.25, 0.3) is 0 Å². The molecule has 118 valence electrons. The topological polar surface area (TPSA) is 58.2 Å². The number of carbonyl (C=O) groups is 2. The largest absolute Gasteiger partial charge is 0.324 e. The summed E-state index contributed by atoms with van der Waals surface area (Å²) in [5.41, 5.74) is 3.71. The first-order valence-electron chi connectivity index (χ1n) is 7.38. The van der Waals surface area contributed by atoms with E-state index in [2.05, 4.69) is 10.6 Å². The van der Waals surface area contributed by atoms with Crippen molar-refractivity contribution in [3.05, 3.63) is 53.6 Å². The zero-order valence-corrected chi connectivity index (χ0v) is 14.1. The van der Waals surface area contributed by atoms with E-state index >= 15 is 0 Å². The summed E-state index contributed by atoms with van der Waals surface area (Å²) < 4.78 is -1.20. The van der Waals surface area contributed by atoms with Gasteiger partial charge in [-0.25, -0.2) is 0 Å². The Morgan fingerprint density at radius 3 is 2.61 bits per heavy atom. The van der Waals surface area contributed by atoms with E-state index in [1.54, 1.807) is 6.92 Å². The van der Waals surface area contributed by atoms with Crippen LogP contribution in [0.3, 0.4) is 0 Å². The van der Waals surface area contributed by atoms with Gasteiger partial charge in [-0.05, 0) is 56.2 Å². The Labute approximate surface area is 139 Å². The first kappa shape index (κ1) is 15.6. The second-order valence-electron chi connectivity index (χ2n) is 5.84. The molecular weight excluding hydrogens is 308 g/mol. The van der Waals surface area contributed by atoms with Crippen LogP contribution in [0, 0.1) is 13.8 Å². The molecule has 3 rings (SSSR count). The SMILES string of the molecule is Cc1ccc(NC(=O)C2(C)Sc3ccccc3NC2=O)cc1C. The molecule has 2 aromatic carbocycles. The van der Waals surface area contributed by atoms with Crippen LogP contribution >= 0.6 is 11.8 Å². The molecule has 0 saturated carbocycles. The maximum absolute atomic E-state index is 12.7. The molecule has 23 heavy (non-hydrogen) atoms. The number of hydrogen-bond acceptors (Lipinski definition) is 3. The van der Waals surface area contributed by atoms with Crippen molar-refractivity contribution < 1.29 is 9.59 Å². The van der Waals surface area contributed by atoms with E-state index in [1.807, 2.05) is 56.3 Å². The number of para-hydroxylation sites is 1. The fraction of sp³-hybridized carbons (Fsp3) is 0.222. The highest BCUT2D eigenvalue weighted by Crippen LogP contribution is 2.42. The lowest BCUT2D eigenvalue weighted by atomic mass is 10.1. The molecule has 1 heterocycles. The van der Waals surface area contributed by atoms with E-state index in [4.69, 9.17) is 0 Å². The number of hydrogen-bond donors (Lipinski definition) is 2. The molecule has 1 aliphatic heterocycles. The standard InChI is InChI=1S/C18H18N2O2S/c1-11-8-9-13(10-12(11)2)19-16(21)18(3)17(22)20-14-6-4-5-7-15(14)23-18/h4-10H,1-3H3,(H,19,21)(H,20,22). The van der Waals surface area contributed by atoms with Crippen molar-refractivity contribution in [2.24, 2.45) is 0 Å². The lowest BCUT2D eigenvalue weighted by Crippen LogP contribution is -2.49. The zero-order valence-electron chi connectivity index (χ0n) is 13.3. The predicted octanol–water partition coefficient (Wildman–Crippen LogP) is 3.75. The predicted molar refractivity (Wildman–Crippen MR) is 93.9 cm³/mol. The maximum Gasteiger partial charge on any atom is 0.250 e. The Morgan fingerprint density at radius 1 is 1.13 bits per heavy atom. The van der Waals surface area contributed by atoms with Crippen LogP contribution in [0.4, 0.5) is 11.4 Å². The van der Waals surface area contributed by atoms with Gasteiger partial charge in [-0.1, -0.05) is 30.0 Å². The number of thioether (sulfide) groups is 1. The van der Waals surface area contributed by atoms with E-state index < -0.39 is 4.75 Å². The van der Waals surface area contributed by atoms with Gasteiger partial charge < -0.3 is 10.6 Å². The molecule has 0 radical (unpaired) electrons. The van der Waals surface area contributed by atoms with E-state index in [-0.39, 0.29) is 11.8 Å². The van der Waals surface area contributed by atoms with Gasteiger partial charge in [0.1, 0.15) is 0 Å². The van der Waals surface area contributed by atoms with Crippen LogP contribution in [0.1, 0.15) is 18.1 Å². The molecule has 0 fully saturated rings. The van der Waals surface area contributed by atoms with Crippen LogP contribution in [0.25, 0.3) is 0 Å². The summed E-state index contributed by atoms with van der Waals surface area (Å²) in [6, 6.07) is 13.2. The van der Waals surface area contributed by atoms with Crippen molar-refractivity contribution in [3.8, 4) is 0 Å². The molecule has 0 aliphatic carbocycles. The molecule has 0 saturated heterocycles. The minimum absolute atomic E-state index is 0.303. The fourth-order valence-electron chi connectivity index (χ4n) is 2.39. The Bertz CT molecular complexity index is 803. The number of anilines is 2. The summed E-state index contributed by atoms with van der Waals surface area (Å²) in [5, 5.41) is 5.68. The minimum Gasteiger partial charge on any atom is -0.324 e. The monoisotopic (exact) mass is 326 g/mol. The van der Waals surface area contributed by atoms with Crippen molar-refractivity contribution in [1.82, 2.24) is 0 Å². The van der Waals surface area contributed by atoms with Gasteiger partial charge in [0, 0.05) is 10.6 Å². The minimum atomic E-state index is -1.20. The van der Waals surface area contributed by atoms with Crippen LogP contribution in [-0.4, -0.2) is 16.6 Å². The molecule has 0 bridgehead atoms. The average Bonchev–Trinajstić information content (AvgIpc) is 2.52. The lowest BCUT2D eigenvalue weighted by Gasteiger charge is -2.31. The normalized spacial score (nSPS) is 19.7. The third-order valence-electron chi connectivity index (χ3n) is 4.08. The van der Waals surface area contributed by atoms with Gasteiger partial charge in [0.05, 0.1) is 5.69 Å². The Balaban J connectivity index is 1.86. The van der Waals surface area contributed by atoms with Crippen molar-refractivity contribution in [3.63, 3.8) is 0 Å². The summed E-state index contributed by atoms with van der Waals surface area (Å²) >= 11 is 1.28. The molecule has 2 amide bonds. The number of amides is 2. The number of rotatable bonds is 2. The van der Waals surface area contributed by atoms with Crippen molar-refractivity contribution >= 4 is 35.0 Å². The van der Waals surface area contributed by atoms with Crippen LogP contribution in [0.15, 0.2) is 47.4 Å². The summed E-state index contributed by atoms with van der Waals surface area (Å²) in [4.78, 5) is 26.0. The molecule has 0 aromatic heterocycles. The van der Waals surface area contributed by atoms with Crippen LogP contribution < -0.4 is 10.6 Å². The highest BCUT2D eigenvalue weighted by Gasteiger charge is 2.45. The van der Waals surface area contributed by atoms with Gasteiger partial charge in [0.15, 0.2) is 4.75 Å². The number of fused-ring (bicyclic) bond motifs is 1. The highest BCUT2D eigenvalue weighted by molar-refractivity contribution is 8.02. The first-order chi connectivity index (χ1) is 10.9. The lowest BCUT2D eigenvalue weighted by molar-refractivity contribution is -0.126. The second-order valence-corrected chi connectivity index (χ2v) is 7.30. The van der Waals surface area contributed by atoms with Crippen molar-refractivity contribution in [2.45, 2.75) is 30.4 Å². The third kappa shape index (κ3) is 2.84. The fourth-order valence-corrected chi connectivity index (χ4v) is 3.49. The molecule has 2 N–H and O–H groups in total. The summed E-state index contributed by atoms with van der Waals surface area (Å²) in [7, 11) is 0. The van der Waals surface area contributed by atoms with Gasteiger partial charge in [0.2, 0.25) is 11.8 Å². The molecular formula is C18H18N2O2S. The molecule has 5 heteroatoms. The smallest absolute Gasteiger partial charge is 0.250 e. The zero-order chi connectivity index (χ0) is 16.6. The number of benzene rings is 2. The van der Waals surface area contributed by atoms with Gasteiger partial charge in [-0.2, -0.15) is 0 Å². The van der Waals surface area contributed by atoms with Crippen LogP contribution in [-0.2, 0) is 9.59 Å². The van der Waals surface area contributed by atoms with E-state index in [0.29, 0.717) is 5.69 Å². The Kier molecular flexibility index (Phi) is 3.90. The first-order valence-corrected chi connectivity index (χ1v) is 8.20. The van der Waals surface area contributed by atoms with Crippen molar-refractivity contribution in [1.29, 1.82) is 0 Å². The van der Waals surface area contributed by atoms with Gasteiger partial charge >= 0.3 is 0 Å². The summed E-state index contributed by atoms with van der Waals surface area (Å²) in [6.45, 7) is 5.66. The molecule has 0 spiro atoms. The highest BCUT2D eigenvalue weighted by atomic mass is 32.2. The molecule has 4 nitrogen and oxygen atoms in total. The molecule has 1 unspecified atom stereocenters. The molecule has 1 atom stereocenters. The van der Waals surface area contributed by atoms with E-state index in [1.165, 1.54) is 11.8 Å². The number of nitrogens with one attached hydrogen (secondary N) is 2. The van der Waals surface area contributed by atoms with Crippen molar-refractivity contribution in [2.75, 3.05) is 10.6 Å². The number of aryl methyl sites for hydroxylation is 2. The Morgan fingerprint density at radius 2 is 1.87 bits per heavy atom. The third-order valence-corrected chi connectivity index (χ3v) is 5.44. The second kappa shape index (κ2) is 5.74. The Hall–Kier alpha value is -2.27. The summed E-state index contributed by atoms with van der Waals surface area (Å²) in [6.07, 6.45) is 0. The quantitative estimate of drug-likeness (QED) is 0.827. The maximum atomic E-state index is 12.7. The molecule has 1 aliphatic rings. The molecule has 2 aromatic rings. The van der Waals surface area contributed by atoms with Gasteiger partial charge in [-0.15, -0.1) is 0 Å². The average molecular weight is 326 g/mol. The van der Waals surface area contributed by atoms with E-state index in [9.17, 15) is 9.59 Å². The van der Waals surface area contributed by atoms with Gasteiger partial charge in [-0.3, -0.25) is 9.59 Å². The van der Waals surface area contributed by atoms with Crippen LogP contribution in [0.5, 0.6) is 0 Å².